The molecule has 0 bridgehead atoms. The van der Waals surface area contributed by atoms with E-state index in [9.17, 15) is 4.79 Å². The van der Waals surface area contributed by atoms with Crippen LogP contribution in [0.1, 0.15) is 105 Å². The highest BCUT2D eigenvalue weighted by atomic mass is 16.5. The Labute approximate surface area is 210 Å². The third-order valence-electron chi connectivity index (χ3n) is 11.6. The molecule has 196 valence electrons. The smallest absolute Gasteiger partial charge is 0.305 e. The number of hydrogen-bond acceptors (Lipinski definition) is 4. The van der Waals surface area contributed by atoms with Gasteiger partial charge in [0.15, 0.2) is 0 Å². The quantitative estimate of drug-likeness (QED) is 0.309. The Morgan fingerprint density at radius 3 is 2.41 bits per heavy atom. The van der Waals surface area contributed by atoms with Gasteiger partial charge in [-0.3, -0.25) is 4.79 Å². The van der Waals surface area contributed by atoms with Crippen molar-refractivity contribution < 1.29 is 9.53 Å². The molecule has 3 unspecified atom stereocenters. The number of methoxy groups -OCH3 is 1. The predicted molar refractivity (Wildman–Crippen MR) is 141 cm³/mol. The van der Waals surface area contributed by atoms with Crippen LogP contribution >= 0.6 is 0 Å². The van der Waals surface area contributed by atoms with Gasteiger partial charge in [-0.05, 0) is 111 Å². The van der Waals surface area contributed by atoms with Gasteiger partial charge in [0.2, 0.25) is 0 Å². The third-order valence-corrected chi connectivity index (χ3v) is 11.6. The molecule has 34 heavy (non-hydrogen) atoms. The molecule has 4 fully saturated rings. The largest absolute Gasteiger partial charge is 0.469 e. The molecule has 4 aliphatic carbocycles. The lowest BCUT2D eigenvalue weighted by Gasteiger charge is -2.61. The Balaban J connectivity index is 1.36. The summed E-state index contributed by atoms with van der Waals surface area (Å²) in [6.07, 6.45) is 14.4. The zero-order valence-electron chi connectivity index (χ0n) is 23.1. The van der Waals surface area contributed by atoms with Gasteiger partial charge in [0, 0.05) is 31.6 Å². The van der Waals surface area contributed by atoms with Gasteiger partial charge in [-0.15, -0.1) is 0 Å². The molecular weight excluding hydrogens is 420 g/mol. The Kier molecular flexibility index (Phi) is 8.39. The maximum Gasteiger partial charge on any atom is 0.305 e. The Hall–Kier alpha value is -0.610. The van der Waals surface area contributed by atoms with Crippen molar-refractivity contribution in [2.24, 2.45) is 46.3 Å². The highest BCUT2D eigenvalue weighted by molar-refractivity contribution is 5.69. The van der Waals surface area contributed by atoms with Crippen LogP contribution in [0.25, 0.3) is 0 Å². The van der Waals surface area contributed by atoms with Crippen LogP contribution in [0, 0.1) is 46.3 Å². The van der Waals surface area contributed by atoms with Crippen LogP contribution in [-0.2, 0) is 9.53 Å². The minimum Gasteiger partial charge on any atom is -0.469 e. The third kappa shape index (κ3) is 5.10. The van der Waals surface area contributed by atoms with Gasteiger partial charge in [-0.1, -0.05) is 34.6 Å². The summed E-state index contributed by atoms with van der Waals surface area (Å²) in [6, 6.07) is 1.30. The average Bonchev–Trinajstić information content (AvgIpc) is 3.17. The van der Waals surface area contributed by atoms with Crippen molar-refractivity contribution >= 4 is 5.97 Å². The molecule has 2 N–H and O–H groups in total. The molecule has 9 atom stereocenters. The van der Waals surface area contributed by atoms with E-state index in [1.165, 1.54) is 64.9 Å². The second-order valence-corrected chi connectivity index (χ2v) is 13.5. The normalized spacial score (nSPS) is 42.6. The fraction of sp³-hybridized carbons (Fsp3) is 0.967. The van der Waals surface area contributed by atoms with E-state index in [4.69, 9.17) is 4.74 Å². The number of carbonyl (C=O) groups excluding carboxylic acids is 1. The molecule has 0 saturated heterocycles. The van der Waals surface area contributed by atoms with Crippen LogP contribution in [0.2, 0.25) is 0 Å². The van der Waals surface area contributed by atoms with Gasteiger partial charge < -0.3 is 15.4 Å². The van der Waals surface area contributed by atoms with Crippen LogP contribution in [-0.4, -0.2) is 38.3 Å². The van der Waals surface area contributed by atoms with Gasteiger partial charge >= 0.3 is 5.97 Å². The zero-order valence-corrected chi connectivity index (χ0v) is 23.1. The molecular formula is C30H54N2O2. The fourth-order valence-electron chi connectivity index (χ4n) is 9.70. The van der Waals surface area contributed by atoms with E-state index in [2.05, 4.69) is 45.3 Å². The maximum absolute atomic E-state index is 11.7. The molecule has 0 heterocycles. The summed E-state index contributed by atoms with van der Waals surface area (Å²) in [6.45, 7) is 14.4. The van der Waals surface area contributed by atoms with Crippen molar-refractivity contribution in [2.75, 3.05) is 20.2 Å². The van der Waals surface area contributed by atoms with Crippen LogP contribution in [0.3, 0.4) is 0 Å². The van der Waals surface area contributed by atoms with Crippen molar-refractivity contribution in [3.05, 3.63) is 0 Å². The number of hydrogen-bond donors (Lipinski definition) is 2. The highest BCUT2D eigenvalue weighted by Crippen LogP contribution is 2.68. The second kappa shape index (κ2) is 10.8. The van der Waals surface area contributed by atoms with Crippen molar-refractivity contribution in [3.63, 3.8) is 0 Å². The van der Waals surface area contributed by atoms with Crippen molar-refractivity contribution in [2.45, 2.75) is 117 Å². The predicted octanol–water partition coefficient (Wildman–Crippen LogP) is 6.19. The summed E-state index contributed by atoms with van der Waals surface area (Å²) in [4.78, 5) is 11.7. The summed E-state index contributed by atoms with van der Waals surface area (Å²) in [5.74, 6) is 5.08. The second-order valence-electron chi connectivity index (χ2n) is 13.5. The van der Waals surface area contributed by atoms with E-state index in [-0.39, 0.29) is 5.97 Å². The molecule has 4 rings (SSSR count). The number of esters is 1. The molecule has 0 aromatic rings. The maximum atomic E-state index is 11.7. The van der Waals surface area contributed by atoms with Crippen LogP contribution < -0.4 is 10.6 Å². The molecule has 0 aliphatic heterocycles. The summed E-state index contributed by atoms with van der Waals surface area (Å²) >= 11 is 0. The van der Waals surface area contributed by atoms with E-state index < -0.39 is 0 Å². The summed E-state index contributed by atoms with van der Waals surface area (Å²) in [7, 11) is 1.52. The summed E-state index contributed by atoms with van der Waals surface area (Å²) in [5.41, 5.74) is 1.05. The number of fused-ring (bicyclic) bond motifs is 5. The highest BCUT2D eigenvalue weighted by Gasteiger charge is 2.60. The fourth-order valence-corrected chi connectivity index (χ4v) is 9.70. The van der Waals surface area contributed by atoms with E-state index in [0.29, 0.717) is 29.2 Å². The first-order chi connectivity index (χ1) is 16.2. The first-order valence-electron chi connectivity index (χ1n) is 14.7. The Morgan fingerprint density at radius 2 is 1.68 bits per heavy atom. The number of ether oxygens (including phenoxy) is 1. The standard InChI is InChI=1S/C30H54N2O2/c1-20(2)31-17-18-32-23-13-15-29(4)22(19-23)8-9-24-26-11-10-25(21(3)7-12-28(33)34-6)30(26,5)16-14-27(24)29/h20-27,31-32H,7-19H2,1-6H3/t21-,22-,23-,24?,25-,26?,27?,29+,30-/m1/s1. The molecule has 4 aliphatic rings. The monoisotopic (exact) mass is 474 g/mol. The lowest BCUT2D eigenvalue weighted by atomic mass is 9.44. The number of nitrogens with one attached hydrogen (secondary N) is 2. The Morgan fingerprint density at radius 1 is 0.941 bits per heavy atom. The molecule has 0 radical (unpaired) electrons. The zero-order chi connectivity index (χ0) is 24.5. The molecule has 0 spiro atoms. The van der Waals surface area contributed by atoms with Gasteiger partial charge in [0.05, 0.1) is 7.11 Å². The minimum atomic E-state index is -0.0391. The van der Waals surface area contributed by atoms with Crippen LogP contribution in [0.15, 0.2) is 0 Å². The molecule has 4 heteroatoms. The van der Waals surface area contributed by atoms with E-state index in [0.717, 1.165) is 55.1 Å². The Bertz CT molecular complexity index is 695. The molecule has 0 aromatic carbocycles. The first-order valence-corrected chi connectivity index (χ1v) is 14.7. The molecule has 4 nitrogen and oxygen atoms in total. The molecule has 0 amide bonds. The minimum absolute atomic E-state index is 0.0391. The summed E-state index contributed by atoms with van der Waals surface area (Å²) < 4.78 is 4.92. The van der Waals surface area contributed by atoms with Crippen LogP contribution in [0.4, 0.5) is 0 Å². The van der Waals surface area contributed by atoms with Crippen molar-refractivity contribution in [3.8, 4) is 0 Å². The molecule has 4 saturated carbocycles. The molecule has 0 aromatic heterocycles. The van der Waals surface area contributed by atoms with Crippen molar-refractivity contribution in [1.29, 1.82) is 0 Å². The van der Waals surface area contributed by atoms with E-state index in [1.807, 2.05) is 0 Å². The van der Waals surface area contributed by atoms with Gasteiger partial charge in [-0.2, -0.15) is 0 Å². The van der Waals surface area contributed by atoms with Crippen LogP contribution in [0.5, 0.6) is 0 Å². The number of rotatable bonds is 9. The van der Waals surface area contributed by atoms with E-state index >= 15 is 0 Å². The lowest BCUT2D eigenvalue weighted by molar-refractivity contribution is -0.141. The van der Waals surface area contributed by atoms with Gasteiger partial charge in [0.1, 0.15) is 0 Å². The summed E-state index contributed by atoms with van der Waals surface area (Å²) in [5, 5.41) is 7.44. The first kappa shape index (κ1) is 26.5. The lowest BCUT2D eigenvalue weighted by Crippen LogP contribution is -2.55. The topological polar surface area (TPSA) is 50.4 Å². The van der Waals surface area contributed by atoms with E-state index in [1.54, 1.807) is 0 Å². The SMILES string of the molecule is COC(=O)CC[C@@H](C)[C@H]1CCC2C3CC[C@@H]4C[C@H](NCCNC(C)C)CC[C@]4(C)C3CC[C@@]21C. The average molecular weight is 475 g/mol. The van der Waals surface area contributed by atoms with Gasteiger partial charge in [-0.25, -0.2) is 0 Å². The van der Waals surface area contributed by atoms with Gasteiger partial charge in [0.25, 0.3) is 0 Å². The van der Waals surface area contributed by atoms with Crippen molar-refractivity contribution in [1.82, 2.24) is 10.6 Å². The number of carbonyl (C=O) groups is 1.